The monoisotopic (exact) mass is 227 g/mol. The van der Waals surface area contributed by atoms with E-state index in [2.05, 4.69) is 25.5 Å². The summed E-state index contributed by atoms with van der Waals surface area (Å²) in [6.07, 6.45) is -2.70. The molecule has 0 aromatic carbocycles. The summed E-state index contributed by atoms with van der Waals surface area (Å²) in [6, 6.07) is -0.313. The van der Waals surface area contributed by atoms with E-state index < -0.39 is 12.8 Å². The maximum Gasteiger partial charge on any atom is 0.411 e. The number of rotatable bonds is 5. The summed E-state index contributed by atoms with van der Waals surface area (Å²) in [7, 11) is 0. The molecule has 0 radical (unpaired) electrons. The number of nitrogens with two attached hydrogens (primary N) is 1. The Morgan fingerprint density at radius 2 is 1.73 bits per heavy atom. The molecule has 5 heteroatoms. The average Bonchev–Trinajstić information content (AvgIpc) is 1.97. The van der Waals surface area contributed by atoms with Crippen LogP contribution >= 0.6 is 0 Å². The molecule has 0 aliphatic carbocycles. The number of alkyl halides is 3. The van der Waals surface area contributed by atoms with Gasteiger partial charge < -0.3 is 10.5 Å². The lowest BCUT2D eigenvalue weighted by atomic mass is 9.89. The minimum Gasteiger partial charge on any atom is -0.370 e. The molecule has 0 aliphatic rings. The summed E-state index contributed by atoms with van der Waals surface area (Å²) in [6.45, 7) is 4.95. The zero-order valence-corrected chi connectivity index (χ0v) is 9.53. The fourth-order valence-electron chi connectivity index (χ4n) is 1.03. The van der Waals surface area contributed by atoms with Crippen LogP contribution in [0.3, 0.4) is 0 Å². The van der Waals surface area contributed by atoms with Crippen LogP contribution in [0.15, 0.2) is 0 Å². The molecule has 2 nitrogen and oxygen atoms in total. The molecule has 0 fully saturated rings. The van der Waals surface area contributed by atoms with Crippen molar-refractivity contribution in [3.8, 4) is 0 Å². The van der Waals surface area contributed by atoms with E-state index in [1.807, 2.05) is 0 Å². The van der Waals surface area contributed by atoms with Crippen molar-refractivity contribution in [1.82, 2.24) is 0 Å². The van der Waals surface area contributed by atoms with E-state index in [-0.39, 0.29) is 18.1 Å². The summed E-state index contributed by atoms with van der Waals surface area (Å²) < 4.78 is 39.6. The first-order valence-corrected chi connectivity index (χ1v) is 5.00. The summed E-state index contributed by atoms with van der Waals surface area (Å²) in [4.78, 5) is 0. The topological polar surface area (TPSA) is 35.2 Å². The van der Waals surface area contributed by atoms with E-state index in [0.29, 0.717) is 6.42 Å². The maximum atomic E-state index is 11.7. The first-order chi connectivity index (χ1) is 6.60. The average molecular weight is 227 g/mol. The first-order valence-electron chi connectivity index (χ1n) is 5.00. The lowest BCUT2D eigenvalue weighted by molar-refractivity contribution is -0.174. The van der Waals surface area contributed by atoms with Crippen LogP contribution in [-0.4, -0.2) is 25.4 Å². The molecule has 0 aliphatic heterocycles. The smallest absolute Gasteiger partial charge is 0.370 e. The molecule has 0 bridgehead atoms. The highest BCUT2D eigenvalue weighted by atomic mass is 19.4. The van der Waals surface area contributed by atoms with E-state index in [0.717, 1.165) is 6.42 Å². The fourth-order valence-corrected chi connectivity index (χ4v) is 1.03. The Morgan fingerprint density at radius 3 is 2.13 bits per heavy atom. The minimum absolute atomic E-state index is 0.0322. The Bertz CT molecular complexity index is 174. The van der Waals surface area contributed by atoms with Crippen molar-refractivity contribution in [2.45, 2.75) is 45.8 Å². The van der Waals surface area contributed by atoms with E-state index in [1.165, 1.54) is 0 Å². The summed E-state index contributed by atoms with van der Waals surface area (Å²) in [5.41, 5.74) is 5.77. The third-order valence-electron chi connectivity index (χ3n) is 1.86. The quantitative estimate of drug-likeness (QED) is 0.783. The first kappa shape index (κ1) is 14.7. The highest BCUT2D eigenvalue weighted by Crippen LogP contribution is 2.21. The van der Waals surface area contributed by atoms with Crippen LogP contribution in [0.5, 0.6) is 0 Å². The Hall–Kier alpha value is -0.290. The molecule has 0 aromatic rings. The molecule has 0 saturated heterocycles. The van der Waals surface area contributed by atoms with Crippen LogP contribution in [0, 0.1) is 5.41 Å². The van der Waals surface area contributed by atoms with Gasteiger partial charge in [0.2, 0.25) is 0 Å². The SMILES string of the molecule is CC(C)(C)CCC(N)COCC(F)(F)F. The molecule has 0 amide bonds. The standard InChI is InChI=1S/C10H20F3NO/c1-9(2,3)5-4-8(14)6-15-7-10(11,12)13/h8H,4-7,14H2,1-3H3. The lowest BCUT2D eigenvalue weighted by Crippen LogP contribution is -2.30. The molecule has 0 spiro atoms. The van der Waals surface area contributed by atoms with Crippen molar-refractivity contribution in [2.24, 2.45) is 11.1 Å². The highest BCUT2D eigenvalue weighted by Gasteiger charge is 2.27. The normalized spacial score (nSPS) is 15.4. The van der Waals surface area contributed by atoms with Crippen LogP contribution in [0.2, 0.25) is 0 Å². The van der Waals surface area contributed by atoms with E-state index in [9.17, 15) is 13.2 Å². The van der Waals surface area contributed by atoms with Gasteiger partial charge in [-0.25, -0.2) is 0 Å². The van der Waals surface area contributed by atoms with Crippen molar-refractivity contribution >= 4 is 0 Å². The van der Waals surface area contributed by atoms with Crippen LogP contribution in [0.1, 0.15) is 33.6 Å². The number of hydrogen-bond donors (Lipinski definition) is 1. The molecule has 0 rings (SSSR count). The van der Waals surface area contributed by atoms with Gasteiger partial charge >= 0.3 is 6.18 Å². The molecule has 2 N–H and O–H groups in total. The zero-order valence-electron chi connectivity index (χ0n) is 9.53. The Labute approximate surface area is 89.0 Å². The van der Waals surface area contributed by atoms with Gasteiger partial charge in [0, 0.05) is 6.04 Å². The molecular formula is C10H20F3NO. The minimum atomic E-state index is -4.26. The van der Waals surface area contributed by atoms with Gasteiger partial charge in [-0.05, 0) is 18.3 Å². The van der Waals surface area contributed by atoms with Crippen LogP contribution < -0.4 is 5.73 Å². The predicted octanol–water partition coefficient (Wildman–Crippen LogP) is 2.72. The van der Waals surface area contributed by atoms with Gasteiger partial charge in [0.25, 0.3) is 0 Å². The molecule has 1 unspecified atom stereocenters. The highest BCUT2D eigenvalue weighted by molar-refractivity contribution is 4.68. The third-order valence-corrected chi connectivity index (χ3v) is 1.86. The van der Waals surface area contributed by atoms with Gasteiger partial charge in [0.05, 0.1) is 6.61 Å². The largest absolute Gasteiger partial charge is 0.411 e. The van der Waals surface area contributed by atoms with Crippen molar-refractivity contribution in [2.75, 3.05) is 13.2 Å². The van der Waals surface area contributed by atoms with E-state index >= 15 is 0 Å². The van der Waals surface area contributed by atoms with Crippen LogP contribution in [-0.2, 0) is 4.74 Å². The Kier molecular flexibility index (Phi) is 5.59. The van der Waals surface area contributed by atoms with E-state index in [4.69, 9.17) is 5.73 Å². The third kappa shape index (κ3) is 11.6. The maximum absolute atomic E-state index is 11.7. The van der Waals surface area contributed by atoms with Crippen LogP contribution in [0.25, 0.3) is 0 Å². The van der Waals surface area contributed by atoms with Gasteiger partial charge in [-0.3, -0.25) is 0 Å². The Morgan fingerprint density at radius 1 is 1.20 bits per heavy atom. The summed E-state index contributed by atoms with van der Waals surface area (Å²) >= 11 is 0. The molecule has 15 heavy (non-hydrogen) atoms. The fraction of sp³-hybridized carbons (Fsp3) is 1.00. The Balaban J connectivity index is 3.54. The van der Waals surface area contributed by atoms with Gasteiger partial charge in [0.15, 0.2) is 0 Å². The predicted molar refractivity (Wildman–Crippen MR) is 53.5 cm³/mol. The van der Waals surface area contributed by atoms with Crippen molar-refractivity contribution in [1.29, 1.82) is 0 Å². The molecule has 92 valence electrons. The molecule has 1 atom stereocenters. The lowest BCUT2D eigenvalue weighted by Gasteiger charge is -2.21. The second-order valence-corrected chi connectivity index (χ2v) is 4.99. The van der Waals surface area contributed by atoms with Crippen molar-refractivity contribution < 1.29 is 17.9 Å². The molecule has 0 heterocycles. The van der Waals surface area contributed by atoms with E-state index in [1.54, 1.807) is 0 Å². The van der Waals surface area contributed by atoms with Crippen molar-refractivity contribution in [3.63, 3.8) is 0 Å². The molecular weight excluding hydrogens is 207 g/mol. The number of ether oxygens (including phenoxy) is 1. The van der Waals surface area contributed by atoms with Gasteiger partial charge in [-0.1, -0.05) is 20.8 Å². The summed E-state index contributed by atoms with van der Waals surface area (Å²) in [5, 5.41) is 0. The summed E-state index contributed by atoms with van der Waals surface area (Å²) in [5.74, 6) is 0. The molecule has 0 aromatic heterocycles. The number of hydrogen-bond acceptors (Lipinski definition) is 2. The molecule has 0 saturated carbocycles. The second kappa shape index (κ2) is 5.70. The van der Waals surface area contributed by atoms with Gasteiger partial charge in [-0.15, -0.1) is 0 Å². The zero-order chi connectivity index (χ0) is 12.1. The van der Waals surface area contributed by atoms with Gasteiger partial charge in [-0.2, -0.15) is 13.2 Å². The van der Waals surface area contributed by atoms with Crippen LogP contribution in [0.4, 0.5) is 13.2 Å². The van der Waals surface area contributed by atoms with Gasteiger partial charge in [0.1, 0.15) is 6.61 Å². The van der Waals surface area contributed by atoms with Crippen molar-refractivity contribution in [3.05, 3.63) is 0 Å². The second-order valence-electron chi connectivity index (χ2n) is 4.99. The number of halogens is 3.